The van der Waals surface area contributed by atoms with E-state index in [0.717, 1.165) is 18.5 Å². The zero-order chi connectivity index (χ0) is 14.6. The highest BCUT2D eigenvalue weighted by atomic mass is 16.2. The number of carbonyl (C=O) groups excluding carboxylic acids is 1. The number of nitrogens with zero attached hydrogens (tertiary/aromatic N) is 3. The van der Waals surface area contributed by atoms with Crippen LogP contribution in [0.2, 0.25) is 0 Å². The summed E-state index contributed by atoms with van der Waals surface area (Å²) in [5, 5.41) is 0. The molecule has 0 N–H and O–H groups in total. The summed E-state index contributed by atoms with van der Waals surface area (Å²) in [4.78, 5) is 18.8. The molecule has 2 aromatic rings. The van der Waals surface area contributed by atoms with Crippen LogP contribution in [-0.4, -0.2) is 34.0 Å². The lowest BCUT2D eigenvalue weighted by Crippen LogP contribution is -2.48. The first-order valence-electron chi connectivity index (χ1n) is 6.90. The average molecular weight is 271 g/mol. The standard InChI is InChI=1S/C16H21N3O/c1-4-11-18(3)15(20)16(2,19-12-10-17-13-19)14-8-6-5-7-9-14/h5-10,12-13H,4,11H2,1-3H3. The minimum absolute atomic E-state index is 0.0727. The summed E-state index contributed by atoms with van der Waals surface area (Å²) in [6, 6.07) is 9.84. The van der Waals surface area contributed by atoms with E-state index in [-0.39, 0.29) is 5.91 Å². The van der Waals surface area contributed by atoms with Crippen molar-refractivity contribution < 1.29 is 4.79 Å². The van der Waals surface area contributed by atoms with Crippen LogP contribution in [0.1, 0.15) is 25.8 Å². The summed E-state index contributed by atoms with van der Waals surface area (Å²) in [6.07, 6.45) is 6.18. The summed E-state index contributed by atoms with van der Waals surface area (Å²) in [7, 11) is 1.85. The lowest BCUT2D eigenvalue weighted by molar-refractivity contribution is -0.136. The molecular formula is C16H21N3O. The molecule has 0 saturated carbocycles. The molecule has 4 heteroatoms. The first-order chi connectivity index (χ1) is 9.60. The van der Waals surface area contributed by atoms with Crippen molar-refractivity contribution in [2.45, 2.75) is 25.8 Å². The molecule has 2 rings (SSSR count). The van der Waals surface area contributed by atoms with Crippen molar-refractivity contribution in [3.8, 4) is 0 Å². The van der Waals surface area contributed by atoms with Gasteiger partial charge in [-0.05, 0) is 18.9 Å². The van der Waals surface area contributed by atoms with Crippen molar-refractivity contribution in [1.29, 1.82) is 0 Å². The summed E-state index contributed by atoms with van der Waals surface area (Å²) < 4.78 is 1.87. The Hall–Kier alpha value is -2.10. The average Bonchev–Trinajstić information content (AvgIpc) is 3.01. The Balaban J connectivity index is 2.48. The van der Waals surface area contributed by atoms with Gasteiger partial charge in [-0.1, -0.05) is 37.3 Å². The minimum atomic E-state index is -0.762. The van der Waals surface area contributed by atoms with E-state index in [2.05, 4.69) is 11.9 Å². The van der Waals surface area contributed by atoms with Gasteiger partial charge in [-0.2, -0.15) is 0 Å². The van der Waals surface area contributed by atoms with Crippen molar-refractivity contribution >= 4 is 5.91 Å². The van der Waals surface area contributed by atoms with E-state index in [4.69, 9.17) is 0 Å². The number of carbonyl (C=O) groups is 1. The van der Waals surface area contributed by atoms with Gasteiger partial charge >= 0.3 is 0 Å². The number of benzene rings is 1. The number of imidazole rings is 1. The van der Waals surface area contributed by atoms with Gasteiger partial charge in [0.15, 0.2) is 0 Å². The highest BCUT2D eigenvalue weighted by molar-refractivity contribution is 5.87. The Bertz CT molecular complexity index is 550. The number of aromatic nitrogens is 2. The molecule has 1 amide bonds. The molecule has 20 heavy (non-hydrogen) atoms. The van der Waals surface area contributed by atoms with Gasteiger partial charge in [0, 0.05) is 26.0 Å². The smallest absolute Gasteiger partial charge is 0.252 e. The second-order valence-corrected chi connectivity index (χ2v) is 5.13. The van der Waals surface area contributed by atoms with E-state index in [1.807, 2.05) is 55.1 Å². The fraction of sp³-hybridized carbons (Fsp3) is 0.375. The molecular weight excluding hydrogens is 250 g/mol. The number of hydrogen-bond donors (Lipinski definition) is 0. The SMILES string of the molecule is CCCN(C)C(=O)C(C)(c1ccccc1)n1ccnc1. The van der Waals surface area contributed by atoms with Crippen LogP contribution in [0.25, 0.3) is 0 Å². The fourth-order valence-corrected chi connectivity index (χ4v) is 2.48. The van der Waals surface area contributed by atoms with E-state index in [9.17, 15) is 4.79 Å². The lowest BCUT2D eigenvalue weighted by atomic mass is 9.90. The van der Waals surface area contributed by atoms with Crippen molar-refractivity contribution in [3.63, 3.8) is 0 Å². The fourth-order valence-electron chi connectivity index (χ4n) is 2.48. The van der Waals surface area contributed by atoms with Crippen molar-refractivity contribution in [2.75, 3.05) is 13.6 Å². The van der Waals surface area contributed by atoms with Gasteiger partial charge < -0.3 is 9.47 Å². The molecule has 0 bridgehead atoms. The summed E-state index contributed by atoms with van der Waals surface area (Å²) in [6.45, 7) is 4.76. The predicted octanol–water partition coefficient (Wildman–Crippen LogP) is 2.52. The second kappa shape index (κ2) is 5.90. The maximum absolute atomic E-state index is 12.9. The van der Waals surface area contributed by atoms with E-state index in [0.29, 0.717) is 0 Å². The molecule has 0 saturated heterocycles. The number of hydrogen-bond acceptors (Lipinski definition) is 2. The first-order valence-corrected chi connectivity index (χ1v) is 6.90. The molecule has 0 aliphatic carbocycles. The molecule has 1 aromatic carbocycles. The van der Waals surface area contributed by atoms with Crippen LogP contribution in [0, 0.1) is 0 Å². The monoisotopic (exact) mass is 271 g/mol. The van der Waals surface area contributed by atoms with E-state index in [1.165, 1.54) is 0 Å². The molecule has 0 radical (unpaired) electrons. The van der Waals surface area contributed by atoms with Gasteiger partial charge in [-0.3, -0.25) is 4.79 Å². The Labute approximate surface area is 120 Å². The number of rotatable bonds is 5. The Morgan fingerprint density at radius 2 is 2.05 bits per heavy atom. The van der Waals surface area contributed by atoms with Gasteiger partial charge in [0.1, 0.15) is 5.54 Å². The van der Waals surface area contributed by atoms with Crippen LogP contribution in [0.5, 0.6) is 0 Å². The van der Waals surface area contributed by atoms with Crippen LogP contribution < -0.4 is 0 Å². The normalized spacial score (nSPS) is 13.8. The molecule has 1 heterocycles. The summed E-state index contributed by atoms with van der Waals surface area (Å²) in [5.41, 5.74) is 0.202. The second-order valence-electron chi connectivity index (χ2n) is 5.13. The molecule has 1 aromatic heterocycles. The molecule has 0 spiro atoms. The van der Waals surface area contributed by atoms with Crippen molar-refractivity contribution in [2.24, 2.45) is 0 Å². The zero-order valence-corrected chi connectivity index (χ0v) is 12.3. The maximum atomic E-state index is 12.9. The Kier molecular flexibility index (Phi) is 4.23. The quantitative estimate of drug-likeness (QED) is 0.838. The number of likely N-dealkylation sites (N-methyl/N-ethyl adjacent to an activating group) is 1. The molecule has 0 aliphatic rings. The predicted molar refractivity (Wildman–Crippen MR) is 79.3 cm³/mol. The third-order valence-corrected chi connectivity index (χ3v) is 3.68. The zero-order valence-electron chi connectivity index (χ0n) is 12.3. The van der Waals surface area contributed by atoms with E-state index >= 15 is 0 Å². The highest BCUT2D eigenvalue weighted by Crippen LogP contribution is 2.28. The first kappa shape index (κ1) is 14.3. The summed E-state index contributed by atoms with van der Waals surface area (Å²) >= 11 is 0. The van der Waals surface area contributed by atoms with Crippen LogP contribution >= 0.6 is 0 Å². The molecule has 1 atom stereocenters. The molecule has 1 unspecified atom stereocenters. The van der Waals surface area contributed by atoms with Gasteiger partial charge in [0.05, 0.1) is 6.33 Å². The largest absolute Gasteiger partial charge is 0.343 e. The maximum Gasteiger partial charge on any atom is 0.252 e. The van der Waals surface area contributed by atoms with Crippen LogP contribution in [-0.2, 0) is 10.3 Å². The third-order valence-electron chi connectivity index (χ3n) is 3.68. The molecule has 4 nitrogen and oxygen atoms in total. The lowest BCUT2D eigenvalue weighted by Gasteiger charge is -2.34. The Morgan fingerprint density at radius 3 is 2.60 bits per heavy atom. The van der Waals surface area contributed by atoms with Crippen molar-refractivity contribution in [3.05, 3.63) is 54.6 Å². The van der Waals surface area contributed by atoms with Gasteiger partial charge in [-0.25, -0.2) is 4.98 Å². The third kappa shape index (κ3) is 2.46. The summed E-state index contributed by atoms with van der Waals surface area (Å²) in [5.74, 6) is 0.0727. The van der Waals surface area contributed by atoms with E-state index < -0.39 is 5.54 Å². The highest BCUT2D eigenvalue weighted by Gasteiger charge is 2.38. The van der Waals surface area contributed by atoms with Gasteiger partial charge in [0.25, 0.3) is 5.91 Å². The van der Waals surface area contributed by atoms with E-state index in [1.54, 1.807) is 17.4 Å². The van der Waals surface area contributed by atoms with Crippen LogP contribution in [0.15, 0.2) is 49.1 Å². The van der Waals surface area contributed by atoms with Crippen LogP contribution in [0.3, 0.4) is 0 Å². The Morgan fingerprint density at radius 1 is 1.35 bits per heavy atom. The topological polar surface area (TPSA) is 38.1 Å². The molecule has 0 fully saturated rings. The minimum Gasteiger partial charge on any atom is -0.343 e. The van der Waals surface area contributed by atoms with Crippen molar-refractivity contribution in [1.82, 2.24) is 14.5 Å². The van der Waals surface area contributed by atoms with Gasteiger partial charge in [-0.15, -0.1) is 0 Å². The molecule has 0 aliphatic heterocycles. The van der Waals surface area contributed by atoms with Gasteiger partial charge in [0.2, 0.25) is 0 Å². The number of amides is 1. The molecule has 106 valence electrons. The van der Waals surface area contributed by atoms with Crippen LogP contribution in [0.4, 0.5) is 0 Å².